The minimum atomic E-state index is -0.282. The van der Waals surface area contributed by atoms with Gasteiger partial charge in [-0.15, -0.1) is 6.58 Å². The number of rotatable bonds is 7. The second-order valence-electron chi connectivity index (χ2n) is 6.12. The first-order valence-corrected chi connectivity index (χ1v) is 8.51. The Morgan fingerprint density at radius 2 is 2.15 bits per heavy atom. The second-order valence-corrected chi connectivity index (χ2v) is 6.12. The molecule has 140 valence electrons. The van der Waals surface area contributed by atoms with E-state index in [2.05, 4.69) is 22.0 Å². The predicted octanol–water partition coefficient (Wildman–Crippen LogP) is 3.03. The van der Waals surface area contributed by atoms with Crippen molar-refractivity contribution in [2.75, 3.05) is 19.0 Å². The first-order chi connectivity index (χ1) is 13.0. The van der Waals surface area contributed by atoms with Gasteiger partial charge in [-0.05, 0) is 37.1 Å². The smallest absolute Gasteiger partial charge is 0.262 e. The van der Waals surface area contributed by atoms with Crippen molar-refractivity contribution >= 4 is 22.6 Å². The van der Waals surface area contributed by atoms with Gasteiger partial charge in [-0.1, -0.05) is 12.1 Å². The van der Waals surface area contributed by atoms with Crippen LogP contribution in [0.5, 0.6) is 11.5 Å². The molecule has 1 aromatic carbocycles. The van der Waals surface area contributed by atoms with Gasteiger partial charge in [-0.25, -0.2) is 4.98 Å². The summed E-state index contributed by atoms with van der Waals surface area (Å²) >= 11 is 0. The number of pyridine rings is 1. The molecule has 0 aliphatic heterocycles. The lowest BCUT2D eigenvalue weighted by molar-refractivity contribution is -0.118. The van der Waals surface area contributed by atoms with Crippen LogP contribution in [-0.2, 0) is 18.3 Å². The van der Waals surface area contributed by atoms with Gasteiger partial charge in [0.25, 0.3) is 5.91 Å². The number of carbonyl (C=O) groups is 1. The van der Waals surface area contributed by atoms with Gasteiger partial charge in [0.2, 0.25) is 0 Å². The fourth-order valence-corrected chi connectivity index (χ4v) is 2.84. The highest BCUT2D eigenvalue weighted by Crippen LogP contribution is 2.28. The van der Waals surface area contributed by atoms with Crippen LogP contribution in [0.4, 0.5) is 5.69 Å². The highest BCUT2D eigenvalue weighted by molar-refractivity contribution is 5.94. The molecule has 1 N–H and O–H groups in total. The summed E-state index contributed by atoms with van der Waals surface area (Å²) in [6.07, 6.45) is 4.16. The molecule has 0 saturated carbocycles. The maximum atomic E-state index is 12.2. The molecule has 27 heavy (non-hydrogen) atoms. The fourth-order valence-electron chi connectivity index (χ4n) is 2.84. The van der Waals surface area contributed by atoms with Crippen LogP contribution in [0.2, 0.25) is 0 Å². The lowest BCUT2D eigenvalue weighted by Gasteiger charge is -2.12. The SMILES string of the molecule is C=CCc1ccc(OCC(=O)Nc2cnc3c(c2)c(C)nn3C)c(OC)c1. The first kappa shape index (κ1) is 18.4. The normalized spacial score (nSPS) is 10.6. The van der Waals surface area contributed by atoms with Crippen molar-refractivity contribution in [2.45, 2.75) is 13.3 Å². The minimum absolute atomic E-state index is 0.138. The number of hydrogen-bond acceptors (Lipinski definition) is 5. The summed E-state index contributed by atoms with van der Waals surface area (Å²) in [4.78, 5) is 16.6. The third kappa shape index (κ3) is 4.08. The molecule has 3 aromatic rings. The van der Waals surface area contributed by atoms with Crippen LogP contribution in [0.3, 0.4) is 0 Å². The molecule has 0 aliphatic carbocycles. The van der Waals surface area contributed by atoms with Crippen LogP contribution < -0.4 is 14.8 Å². The van der Waals surface area contributed by atoms with E-state index in [1.54, 1.807) is 24.1 Å². The molecule has 3 rings (SSSR count). The van der Waals surface area contributed by atoms with Crippen LogP contribution >= 0.6 is 0 Å². The van der Waals surface area contributed by atoms with E-state index >= 15 is 0 Å². The highest BCUT2D eigenvalue weighted by Gasteiger charge is 2.11. The largest absolute Gasteiger partial charge is 0.493 e. The van der Waals surface area contributed by atoms with Crippen molar-refractivity contribution in [3.05, 3.63) is 54.4 Å². The number of aryl methyl sites for hydroxylation is 2. The van der Waals surface area contributed by atoms with E-state index in [1.807, 2.05) is 38.2 Å². The highest BCUT2D eigenvalue weighted by atomic mass is 16.5. The van der Waals surface area contributed by atoms with Gasteiger partial charge in [-0.2, -0.15) is 5.10 Å². The lowest BCUT2D eigenvalue weighted by Crippen LogP contribution is -2.20. The standard InChI is InChI=1S/C20H22N4O3/c1-5-6-14-7-8-17(18(9-14)26-4)27-12-19(25)22-15-10-16-13(2)23-24(3)20(16)21-11-15/h5,7-11H,1,6,12H2,2-4H3,(H,22,25). The minimum Gasteiger partial charge on any atom is -0.493 e. The topological polar surface area (TPSA) is 78.3 Å². The van der Waals surface area contributed by atoms with E-state index in [0.29, 0.717) is 17.2 Å². The van der Waals surface area contributed by atoms with Gasteiger partial charge in [0.05, 0.1) is 24.7 Å². The fraction of sp³-hybridized carbons (Fsp3) is 0.250. The number of anilines is 1. The van der Waals surface area contributed by atoms with Crippen molar-refractivity contribution in [3.63, 3.8) is 0 Å². The molecule has 2 aromatic heterocycles. The van der Waals surface area contributed by atoms with E-state index < -0.39 is 0 Å². The molecule has 0 atom stereocenters. The molecular weight excluding hydrogens is 344 g/mol. The van der Waals surface area contributed by atoms with Crippen molar-refractivity contribution in [1.82, 2.24) is 14.8 Å². The van der Waals surface area contributed by atoms with Crippen LogP contribution in [0.15, 0.2) is 43.1 Å². The summed E-state index contributed by atoms with van der Waals surface area (Å²) < 4.78 is 12.7. The molecule has 0 fully saturated rings. The zero-order valence-electron chi connectivity index (χ0n) is 15.7. The quantitative estimate of drug-likeness (QED) is 0.650. The Labute approximate surface area is 157 Å². The van der Waals surface area contributed by atoms with Crippen molar-refractivity contribution in [3.8, 4) is 11.5 Å². The van der Waals surface area contributed by atoms with E-state index in [0.717, 1.165) is 28.7 Å². The Kier molecular flexibility index (Phi) is 5.40. The molecule has 7 nitrogen and oxygen atoms in total. The Hall–Kier alpha value is -3.35. The number of amides is 1. The lowest BCUT2D eigenvalue weighted by atomic mass is 10.1. The van der Waals surface area contributed by atoms with Crippen molar-refractivity contribution in [2.24, 2.45) is 7.05 Å². The first-order valence-electron chi connectivity index (χ1n) is 8.51. The summed E-state index contributed by atoms with van der Waals surface area (Å²) in [6.45, 7) is 5.49. The maximum Gasteiger partial charge on any atom is 0.262 e. The van der Waals surface area contributed by atoms with E-state index in [4.69, 9.17) is 9.47 Å². The molecule has 0 bridgehead atoms. The number of nitrogens with zero attached hydrogens (tertiary/aromatic N) is 3. The van der Waals surface area contributed by atoms with Gasteiger partial charge in [0, 0.05) is 12.4 Å². The molecular formula is C20H22N4O3. The molecule has 0 radical (unpaired) electrons. The van der Waals surface area contributed by atoms with Gasteiger partial charge in [0.15, 0.2) is 23.8 Å². The molecule has 2 heterocycles. The van der Waals surface area contributed by atoms with E-state index in [-0.39, 0.29) is 12.5 Å². The zero-order chi connectivity index (χ0) is 19.4. The van der Waals surface area contributed by atoms with Crippen LogP contribution in [-0.4, -0.2) is 34.4 Å². The number of nitrogens with one attached hydrogen (secondary N) is 1. The Morgan fingerprint density at radius 3 is 2.89 bits per heavy atom. The van der Waals surface area contributed by atoms with Gasteiger partial charge in [0.1, 0.15) is 0 Å². The van der Waals surface area contributed by atoms with Gasteiger partial charge < -0.3 is 14.8 Å². The summed E-state index contributed by atoms with van der Waals surface area (Å²) in [6, 6.07) is 7.43. The van der Waals surface area contributed by atoms with Crippen LogP contribution in [0.1, 0.15) is 11.3 Å². The number of benzene rings is 1. The number of methoxy groups -OCH3 is 1. The van der Waals surface area contributed by atoms with Crippen LogP contribution in [0, 0.1) is 6.92 Å². The Morgan fingerprint density at radius 1 is 1.33 bits per heavy atom. The average molecular weight is 366 g/mol. The summed E-state index contributed by atoms with van der Waals surface area (Å²) in [5.74, 6) is 0.809. The summed E-state index contributed by atoms with van der Waals surface area (Å²) in [5, 5.41) is 8.01. The molecule has 1 amide bonds. The van der Waals surface area contributed by atoms with Gasteiger partial charge >= 0.3 is 0 Å². The Balaban J connectivity index is 1.66. The van der Waals surface area contributed by atoms with Gasteiger partial charge in [-0.3, -0.25) is 9.48 Å². The predicted molar refractivity (Wildman–Crippen MR) is 104 cm³/mol. The van der Waals surface area contributed by atoms with Crippen LogP contribution in [0.25, 0.3) is 11.0 Å². The summed E-state index contributed by atoms with van der Waals surface area (Å²) in [5.41, 5.74) is 3.29. The van der Waals surface area contributed by atoms with E-state index in [9.17, 15) is 4.79 Å². The third-order valence-corrected chi connectivity index (χ3v) is 4.11. The molecule has 0 spiro atoms. The number of aromatic nitrogens is 3. The number of fused-ring (bicyclic) bond motifs is 1. The number of hydrogen-bond donors (Lipinski definition) is 1. The Bertz CT molecular complexity index is 994. The maximum absolute atomic E-state index is 12.2. The molecule has 7 heteroatoms. The molecule has 0 saturated heterocycles. The summed E-state index contributed by atoms with van der Waals surface area (Å²) in [7, 11) is 3.40. The number of ether oxygens (including phenoxy) is 2. The monoisotopic (exact) mass is 366 g/mol. The van der Waals surface area contributed by atoms with Crippen molar-refractivity contribution < 1.29 is 14.3 Å². The molecule has 0 unspecified atom stereocenters. The second kappa shape index (κ2) is 7.90. The third-order valence-electron chi connectivity index (χ3n) is 4.11. The number of carbonyl (C=O) groups excluding carboxylic acids is 1. The zero-order valence-corrected chi connectivity index (χ0v) is 15.7. The van der Waals surface area contributed by atoms with Crippen molar-refractivity contribution in [1.29, 1.82) is 0 Å². The molecule has 0 aliphatic rings. The van der Waals surface area contributed by atoms with E-state index in [1.165, 1.54) is 0 Å². The average Bonchev–Trinajstić information content (AvgIpc) is 2.94. The number of allylic oxidation sites excluding steroid dienone is 1.